The monoisotopic (exact) mass is 274 g/mol. The van der Waals surface area contributed by atoms with E-state index >= 15 is 0 Å². The fourth-order valence-corrected chi connectivity index (χ4v) is 3.17. The van der Waals surface area contributed by atoms with Crippen LogP contribution in [0, 0.1) is 6.92 Å². The van der Waals surface area contributed by atoms with E-state index in [1.165, 1.54) is 20.5 Å². The number of aryl methyl sites for hydroxylation is 1. The molecule has 0 bridgehead atoms. The maximum atomic E-state index is 6.13. The molecule has 0 saturated heterocycles. The summed E-state index contributed by atoms with van der Waals surface area (Å²) in [5.41, 5.74) is 1.22. The van der Waals surface area contributed by atoms with Gasteiger partial charge >= 0.3 is 0 Å². The second kappa shape index (κ2) is 3.60. The summed E-state index contributed by atoms with van der Waals surface area (Å²) in [4.78, 5) is 1.32. The van der Waals surface area contributed by atoms with Crippen molar-refractivity contribution in [3.8, 4) is 0 Å². The van der Waals surface area contributed by atoms with Gasteiger partial charge in [0.25, 0.3) is 0 Å². The zero-order valence-corrected chi connectivity index (χ0v) is 10.3. The van der Waals surface area contributed by atoms with Crippen molar-refractivity contribution in [2.45, 2.75) is 12.3 Å². The number of alkyl halides is 1. The lowest BCUT2D eigenvalue weighted by Crippen LogP contribution is -1.71. The van der Waals surface area contributed by atoms with Crippen LogP contribution in [-0.4, -0.2) is 0 Å². The fourth-order valence-electron chi connectivity index (χ4n) is 1.37. The first-order chi connectivity index (χ1) is 6.20. The van der Waals surface area contributed by atoms with E-state index in [1.807, 2.05) is 6.07 Å². The summed E-state index contributed by atoms with van der Waals surface area (Å²) in [5, 5.41) is 3.03. The lowest BCUT2D eigenvalue weighted by atomic mass is 10.2. The first kappa shape index (κ1) is 9.50. The molecule has 0 unspecified atom stereocenters. The standard InChI is InChI=1S/C10H8BrClS/c1-6-2-7-4-8(5-11)13-10(7)9(12)3-6/h2-4H,5H2,1H3. The van der Waals surface area contributed by atoms with Crippen molar-refractivity contribution >= 4 is 49.0 Å². The Bertz CT molecular complexity index is 447. The second-order valence-electron chi connectivity index (χ2n) is 3.01. The van der Waals surface area contributed by atoms with Crippen LogP contribution in [-0.2, 0) is 5.33 Å². The Kier molecular flexibility index (Phi) is 2.63. The van der Waals surface area contributed by atoms with E-state index < -0.39 is 0 Å². The first-order valence-corrected chi connectivity index (χ1v) is 6.27. The predicted octanol–water partition coefficient (Wildman–Crippen LogP) is 4.76. The van der Waals surface area contributed by atoms with E-state index in [4.69, 9.17) is 11.6 Å². The van der Waals surface area contributed by atoms with Gasteiger partial charge in [0, 0.05) is 10.2 Å². The largest absolute Gasteiger partial charge is 0.138 e. The smallest absolute Gasteiger partial charge is 0.0587 e. The number of hydrogen-bond donors (Lipinski definition) is 0. The molecule has 1 heterocycles. The Morgan fingerprint density at radius 3 is 2.85 bits per heavy atom. The number of thiophene rings is 1. The topological polar surface area (TPSA) is 0 Å². The highest BCUT2D eigenvalue weighted by Crippen LogP contribution is 2.33. The molecule has 0 aliphatic rings. The third-order valence-electron chi connectivity index (χ3n) is 1.90. The molecule has 0 atom stereocenters. The highest BCUT2D eigenvalue weighted by molar-refractivity contribution is 9.08. The minimum atomic E-state index is 0.868. The molecule has 0 radical (unpaired) electrons. The van der Waals surface area contributed by atoms with Crippen LogP contribution in [0.1, 0.15) is 10.4 Å². The molecular formula is C10H8BrClS. The summed E-state index contributed by atoms with van der Waals surface area (Å²) in [6, 6.07) is 6.37. The van der Waals surface area contributed by atoms with Crippen LogP contribution in [0.25, 0.3) is 10.1 Å². The highest BCUT2D eigenvalue weighted by atomic mass is 79.9. The highest BCUT2D eigenvalue weighted by Gasteiger charge is 2.04. The van der Waals surface area contributed by atoms with Crippen molar-refractivity contribution < 1.29 is 0 Å². The van der Waals surface area contributed by atoms with E-state index in [1.54, 1.807) is 11.3 Å². The molecule has 1 aromatic heterocycles. The summed E-state index contributed by atoms with van der Waals surface area (Å²) in [6.45, 7) is 2.07. The maximum absolute atomic E-state index is 6.13. The van der Waals surface area contributed by atoms with Gasteiger partial charge in [-0.25, -0.2) is 0 Å². The van der Waals surface area contributed by atoms with Crippen LogP contribution < -0.4 is 0 Å². The molecule has 3 heteroatoms. The molecule has 0 aliphatic heterocycles. The van der Waals surface area contributed by atoms with E-state index in [0.717, 1.165) is 10.4 Å². The van der Waals surface area contributed by atoms with Crippen LogP contribution in [0.3, 0.4) is 0 Å². The molecule has 1 aromatic carbocycles. The first-order valence-electron chi connectivity index (χ1n) is 3.95. The van der Waals surface area contributed by atoms with Gasteiger partial charge in [0.1, 0.15) is 0 Å². The Morgan fingerprint density at radius 2 is 2.15 bits per heavy atom. The van der Waals surface area contributed by atoms with Crippen LogP contribution in [0.15, 0.2) is 18.2 Å². The Morgan fingerprint density at radius 1 is 1.38 bits per heavy atom. The van der Waals surface area contributed by atoms with E-state index in [-0.39, 0.29) is 0 Å². The number of hydrogen-bond acceptors (Lipinski definition) is 1. The van der Waals surface area contributed by atoms with E-state index in [2.05, 4.69) is 35.0 Å². The Labute approximate surface area is 94.7 Å². The van der Waals surface area contributed by atoms with Gasteiger partial charge < -0.3 is 0 Å². The van der Waals surface area contributed by atoms with Gasteiger partial charge in [-0.3, -0.25) is 0 Å². The van der Waals surface area contributed by atoms with Gasteiger partial charge in [0.15, 0.2) is 0 Å². The van der Waals surface area contributed by atoms with Crippen molar-refractivity contribution in [3.63, 3.8) is 0 Å². The molecule has 0 saturated carbocycles. The third-order valence-corrected chi connectivity index (χ3v) is 4.47. The number of rotatable bonds is 1. The van der Waals surface area contributed by atoms with Gasteiger partial charge in [-0.2, -0.15) is 0 Å². The quantitative estimate of drug-likeness (QED) is 0.658. The lowest BCUT2D eigenvalue weighted by molar-refractivity contribution is 1.51. The summed E-state index contributed by atoms with van der Waals surface area (Å²) < 4.78 is 1.20. The molecule has 2 aromatic rings. The number of fused-ring (bicyclic) bond motifs is 1. The third kappa shape index (κ3) is 1.76. The van der Waals surface area contributed by atoms with Crippen LogP contribution in [0.5, 0.6) is 0 Å². The van der Waals surface area contributed by atoms with E-state index in [9.17, 15) is 0 Å². The van der Waals surface area contributed by atoms with Crippen molar-refractivity contribution in [2.24, 2.45) is 0 Å². The van der Waals surface area contributed by atoms with Gasteiger partial charge in [-0.05, 0) is 30.0 Å². The zero-order valence-electron chi connectivity index (χ0n) is 7.10. The van der Waals surface area contributed by atoms with Gasteiger partial charge in [0.05, 0.1) is 9.72 Å². The second-order valence-corrected chi connectivity index (χ2v) is 5.12. The molecule has 0 aliphatic carbocycles. The van der Waals surface area contributed by atoms with Crippen LogP contribution in [0.4, 0.5) is 0 Å². The fraction of sp³-hybridized carbons (Fsp3) is 0.200. The SMILES string of the molecule is Cc1cc(Cl)c2sc(CBr)cc2c1. The molecule has 68 valence electrons. The van der Waals surface area contributed by atoms with Crippen molar-refractivity contribution in [2.75, 3.05) is 0 Å². The van der Waals surface area contributed by atoms with Crippen molar-refractivity contribution in [1.29, 1.82) is 0 Å². The summed E-state index contributed by atoms with van der Waals surface area (Å²) in [6.07, 6.45) is 0. The zero-order chi connectivity index (χ0) is 9.42. The maximum Gasteiger partial charge on any atom is 0.0587 e. The van der Waals surface area contributed by atoms with Gasteiger partial charge in [0.2, 0.25) is 0 Å². The van der Waals surface area contributed by atoms with Crippen LogP contribution >= 0.6 is 38.9 Å². The van der Waals surface area contributed by atoms with Gasteiger partial charge in [-0.15, -0.1) is 11.3 Å². The van der Waals surface area contributed by atoms with E-state index in [0.29, 0.717) is 0 Å². The average molecular weight is 276 g/mol. The van der Waals surface area contributed by atoms with Crippen molar-refractivity contribution in [1.82, 2.24) is 0 Å². The molecule has 0 N–H and O–H groups in total. The predicted molar refractivity (Wildman–Crippen MR) is 64.2 cm³/mol. The van der Waals surface area contributed by atoms with Crippen molar-refractivity contribution in [3.05, 3.63) is 33.7 Å². The summed E-state index contributed by atoms with van der Waals surface area (Å²) >= 11 is 11.3. The molecule has 13 heavy (non-hydrogen) atoms. The van der Waals surface area contributed by atoms with Gasteiger partial charge in [-0.1, -0.05) is 33.6 Å². The average Bonchev–Trinajstić information content (AvgIpc) is 2.47. The molecule has 0 amide bonds. The molecule has 2 rings (SSSR count). The summed E-state index contributed by atoms with van der Waals surface area (Å²) in [7, 11) is 0. The van der Waals surface area contributed by atoms with Crippen LogP contribution in [0.2, 0.25) is 5.02 Å². The minimum absolute atomic E-state index is 0.868. The molecule has 0 fully saturated rings. The molecular weight excluding hydrogens is 268 g/mol. The molecule has 0 nitrogen and oxygen atoms in total. The minimum Gasteiger partial charge on any atom is -0.138 e. The lowest BCUT2D eigenvalue weighted by Gasteiger charge is -1.95. The Hall–Kier alpha value is -0.0500. The summed E-state index contributed by atoms with van der Waals surface area (Å²) in [5.74, 6) is 0. The Balaban J connectivity index is 2.75. The number of benzene rings is 1. The normalized spacial score (nSPS) is 11.0. The molecule has 0 spiro atoms. The number of halogens is 2.